The molecule has 0 aliphatic rings. The standard InChI is InChI=1S/C20H25F2N2O7PS.C19H23F2N2O8PS.CH4/c1-20(33(5,28)29,19(26)23-31-32(3,4)27)8-9-24-12-17(22)15(11-18(24)25)14-7-6-13(30-2)10-16(14)21;1-19(33(4,28)29,18(25)22-31-32(3,26)27)7-8-23-11-16(21)14(10-17(23)24)13-6-5-12(30-2)9-15(13)20;/h6-7,10-12H,8-9H2,1-5H3,(H,23,26);5-6,9-11H,7-8H2,1-4H3,(H,22,25)(H,26,27);1H4/t20-;19-;/m11./s1. The Labute approximate surface area is 384 Å². The van der Waals surface area contributed by atoms with Crippen LogP contribution in [0.25, 0.3) is 22.3 Å². The Hall–Kier alpha value is -5.16. The number of hydrogen-bond donors (Lipinski definition) is 3. The van der Waals surface area contributed by atoms with Crippen molar-refractivity contribution in [2.45, 2.75) is 56.7 Å². The number of benzene rings is 2. The van der Waals surface area contributed by atoms with Crippen LogP contribution >= 0.6 is 15.0 Å². The summed E-state index contributed by atoms with van der Waals surface area (Å²) in [7, 11) is -12.8. The highest BCUT2D eigenvalue weighted by Crippen LogP contribution is 2.37. The van der Waals surface area contributed by atoms with Crippen LogP contribution in [0.1, 0.15) is 34.1 Å². The lowest BCUT2D eigenvalue weighted by Gasteiger charge is -2.26. The number of pyridine rings is 2. The molecule has 0 fully saturated rings. The highest BCUT2D eigenvalue weighted by molar-refractivity contribution is 7.93. The van der Waals surface area contributed by atoms with Crippen molar-refractivity contribution < 1.29 is 76.7 Å². The molecule has 0 saturated carbocycles. The van der Waals surface area contributed by atoms with Gasteiger partial charge >= 0.3 is 7.60 Å². The quantitative estimate of drug-likeness (QED) is 0.0667. The molecule has 0 spiro atoms. The van der Waals surface area contributed by atoms with Crippen LogP contribution in [-0.2, 0) is 60.7 Å². The molecular formula is C40H52F4N4O15P2S2. The van der Waals surface area contributed by atoms with Gasteiger partial charge in [-0.15, -0.1) is 0 Å². The van der Waals surface area contributed by atoms with Crippen LogP contribution in [0.2, 0.25) is 0 Å². The summed E-state index contributed by atoms with van der Waals surface area (Å²) in [6.45, 7) is 4.60. The average molecular weight is 1030 g/mol. The number of carbonyl (C=O) groups excluding carboxylic acids is 2. The smallest absolute Gasteiger partial charge is 0.346 e. The number of hydroxylamine groups is 2. The van der Waals surface area contributed by atoms with Crippen molar-refractivity contribution in [1.29, 1.82) is 0 Å². The molecule has 67 heavy (non-hydrogen) atoms. The lowest BCUT2D eigenvalue weighted by atomic mass is 10.0. The summed E-state index contributed by atoms with van der Waals surface area (Å²) in [6.07, 6.45) is 2.24. The number of sulfone groups is 2. The Morgan fingerprint density at radius 1 is 0.642 bits per heavy atom. The number of halogens is 4. The van der Waals surface area contributed by atoms with Crippen LogP contribution in [0, 0.1) is 23.3 Å². The molecule has 0 aliphatic carbocycles. The second-order valence-electron chi connectivity index (χ2n) is 15.4. The Morgan fingerprint density at radius 2 is 0.985 bits per heavy atom. The van der Waals surface area contributed by atoms with Crippen molar-refractivity contribution in [3.8, 4) is 33.8 Å². The maximum absolute atomic E-state index is 14.7. The molecule has 2 amide bonds. The number of ether oxygens (including phenoxy) is 2. The number of nitrogens with one attached hydrogen (secondary N) is 2. The van der Waals surface area contributed by atoms with E-state index in [0.717, 1.165) is 78.8 Å². The van der Waals surface area contributed by atoms with Crippen LogP contribution in [0.5, 0.6) is 11.5 Å². The zero-order chi connectivity index (χ0) is 50.4. The molecular weight excluding hydrogens is 979 g/mol. The molecule has 372 valence electrons. The molecule has 1 unspecified atom stereocenters. The van der Waals surface area contributed by atoms with Crippen molar-refractivity contribution in [3.05, 3.63) is 105 Å². The van der Waals surface area contributed by atoms with E-state index in [-0.39, 0.29) is 47.7 Å². The fourth-order valence-corrected chi connectivity index (χ4v) is 7.87. The summed E-state index contributed by atoms with van der Waals surface area (Å²) in [5.41, 5.74) is 1.08. The predicted molar refractivity (Wildman–Crippen MR) is 241 cm³/mol. The summed E-state index contributed by atoms with van der Waals surface area (Å²) in [5.74, 6) is -5.40. The second-order valence-corrected chi connectivity index (χ2v) is 24.8. The van der Waals surface area contributed by atoms with E-state index in [4.69, 9.17) is 19.0 Å². The zero-order valence-corrected chi connectivity index (χ0v) is 40.3. The summed E-state index contributed by atoms with van der Waals surface area (Å²) in [6, 6.07) is 9.11. The molecule has 3 atom stereocenters. The van der Waals surface area contributed by atoms with Crippen molar-refractivity contribution in [2.75, 3.05) is 46.7 Å². The van der Waals surface area contributed by atoms with E-state index in [1.165, 1.54) is 51.8 Å². The normalized spacial score (nSPS) is 14.4. The SMILES string of the molecule is C.COc1ccc(-c2cc(=O)n(CC[C@](C)(C(=O)NOP(C)(=O)O)S(C)(=O)=O)cc2F)c(F)c1.COc1ccc(-c2cc(=O)n(CC[C@](C)(C(=O)NOP(C)(C)=O)S(C)(=O)=O)cc2F)c(F)c1. The van der Waals surface area contributed by atoms with Gasteiger partial charge in [0.15, 0.2) is 29.2 Å². The topological polar surface area (TPSA) is 262 Å². The minimum absolute atomic E-state index is 0. The van der Waals surface area contributed by atoms with Crippen LogP contribution in [0.4, 0.5) is 17.6 Å². The van der Waals surface area contributed by atoms with Crippen molar-refractivity contribution >= 4 is 46.5 Å². The number of nitrogens with zero attached hydrogens (tertiary/aromatic N) is 2. The molecule has 4 aromatic rings. The molecule has 27 heteroatoms. The Bertz CT molecular complexity index is 2750. The maximum Gasteiger partial charge on any atom is 0.346 e. The lowest BCUT2D eigenvalue weighted by molar-refractivity contribution is -0.131. The lowest BCUT2D eigenvalue weighted by Crippen LogP contribution is -2.50. The molecule has 2 aromatic carbocycles. The molecule has 19 nitrogen and oxygen atoms in total. The Balaban J connectivity index is 0.000000453. The third-order valence-corrected chi connectivity index (χ3v) is 15.0. The first-order chi connectivity index (χ1) is 30.2. The molecule has 0 aliphatic heterocycles. The molecule has 2 heterocycles. The highest BCUT2D eigenvalue weighted by atomic mass is 32.2. The van der Waals surface area contributed by atoms with Gasteiger partial charge in [-0.3, -0.25) is 28.3 Å². The number of carbonyl (C=O) groups is 2. The summed E-state index contributed by atoms with van der Waals surface area (Å²) in [5, 5.41) is 0. The number of aromatic nitrogens is 2. The van der Waals surface area contributed by atoms with Gasteiger partial charge < -0.3 is 23.5 Å². The minimum Gasteiger partial charge on any atom is -0.497 e. The van der Waals surface area contributed by atoms with Crippen molar-refractivity contribution in [1.82, 2.24) is 20.1 Å². The third kappa shape index (κ3) is 14.9. The van der Waals surface area contributed by atoms with Crippen LogP contribution in [-0.4, -0.2) is 98.9 Å². The number of rotatable bonds is 18. The average Bonchev–Trinajstić information content (AvgIpc) is 3.20. The van der Waals surface area contributed by atoms with Gasteiger partial charge in [-0.2, -0.15) is 4.62 Å². The largest absolute Gasteiger partial charge is 0.497 e. The fraction of sp³-hybridized carbons (Fsp3) is 0.400. The second kappa shape index (κ2) is 22.3. The molecule has 0 radical (unpaired) electrons. The van der Waals surface area contributed by atoms with Gasteiger partial charge in [0.1, 0.15) is 34.8 Å². The van der Waals surface area contributed by atoms with Crippen LogP contribution < -0.4 is 31.6 Å². The molecule has 4 rings (SSSR count). The van der Waals surface area contributed by atoms with E-state index in [1.807, 2.05) is 5.48 Å². The van der Waals surface area contributed by atoms with E-state index >= 15 is 0 Å². The number of methoxy groups -OCH3 is 2. The molecule has 3 N–H and O–H groups in total. The monoisotopic (exact) mass is 1030 g/mol. The first-order valence-electron chi connectivity index (χ1n) is 18.9. The predicted octanol–water partition coefficient (Wildman–Crippen LogP) is 5.08. The van der Waals surface area contributed by atoms with E-state index in [2.05, 4.69) is 4.62 Å². The van der Waals surface area contributed by atoms with Gasteiger partial charge in [0.05, 0.1) is 14.2 Å². The highest BCUT2D eigenvalue weighted by Gasteiger charge is 2.45. The van der Waals surface area contributed by atoms with Gasteiger partial charge in [0.25, 0.3) is 22.9 Å². The Morgan fingerprint density at radius 3 is 1.27 bits per heavy atom. The zero-order valence-electron chi connectivity index (χ0n) is 36.9. The van der Waals surface area contributed by atoms with Gasteiger partial charge in [-0.1, -0.05) is 7.43 Å². The van der Waals surface area contributed by atoms with Crippen molar-refractivity contribution in [2.24, 2.45) is 0 Å². The summed E-state index contributed by atoms with van der Waals surface area (Å²) < 4.78 is 146. The van der Waals surface area contributed by atoms with Crippen LogP contribution in [0.3, 0.4) is 0 Å². The van der Waals surface area contributed by atoms with Gasteiger partial charge in [-0.05, 0) is 51.0 Å². The van der Waals surface area contributed by atoms with E-state index in [1.54, 1.807) is 5.48 Å². The maximum atomic E-state index is 14.7. The van der Waals surface area contributed by atoms with E-state index in [0.29, 0.717) is 0 Å². The molecule has 0 saturated heterocycles. The first-order valence-corrected chi connectivity index (χ1v) is 27.2. The number of aryl methyl sites for hydroxylation is 2. The fourth-order valence-electron chi connectivity index (χ4n) is 5.63. The number of hydrogen-bond acceptors (Lipinski definition) is 14. The summed E-state index contributed by atoms with van der Waals surface area (Å²) >= 11 is 0. The number of amides is 2. The Kier molecular flexibility index (Phi) is 19.3. The van der Waals surface area contributed by atoms with Crippen LogP contribution in [0.15, 0.2) is 70.5 Å². The third-order valence-electron chi connectivity index (χ3n) is 10.0. The minimum atomic E-state index is -4.15. The van der Waals surface area contributed by atoms with Gasteiger partial charge in [-0.25, -0.2) is 50.0 Å². The van der Waals surface area contributed by atoms with Gasteiger partial charge in [0, 0.05) is 105 Å². The summed E-state index contributed by atoms with van der Waals surface area (Å²) in [4.78, 5) is 59.1. The first kappa shape index (κ1) is 58.0. The van der Waals surface area contributed by atoms with Gasteiger partial charge in [0.2, 0.25) is 7.37 Å². The molecule has 2 aromatic heterocycles. The molecule has 0 bridgehead atoms. The van der Waals surface area contributed by atoms with Crippen molar-refractivity contribution in [3.63, 3.8) is 0 Å². The van der Waals surface area contributed by atoms with E-state index in [9.17, 15) is 62.7 Å². The van der Waals surface area contributed by atoms with E-state index < -0.39 is 110 Å².